The molecular formula is C16H17FN4O4. The lowest BCUT2D eigenvalue weighted by molar-refractivity contribution is -0.124. The maximum Gasteiger partial charge on any atom is 0.415 e. The van der Waals surface area contributed by atoms with Crippen LogP contribution in [-0.2, 0) is 9.53 Å². The van der Waals surface area contributed by atoms with E-state index in [9.17, 15) is 18.8 Å². The number of halogens is 1. The summed E-state index contributed by atoms with van der Waals surface area (Å²) in [7, 11) is 0. The molecule has 1 aromatic rings. The minimum absolute atomic E-state index is 0.0524. The number of hydrogen-bond donors (Lipinski definition) is 2. The predicted octanol–water partition coefficient (Wildman–Crippen LogP) is 0.804. The highest BCUT2D eigenvalue weighted by atomic mass is 19.1. The fourth-order valence-corrected chi connectivity index (χ4v) is 2.87. The van der Waals surface area contributed by atoms with Gasteiger partial charge in [0.25, 0.3) is 5.91 Å². The Hall–Kier alpha value is -3.10. The fourth-order valence-electron chi connectivity index (χ4n) is 2.87. The number of cyclic esters (lactones) is 1. The first-order valence-electron chi connectivity index (χ1n) is 7.67. The number of rotatable bonds is 3. The zero-order chi connectivity index (χ0) is 18.1. The van der Waals surface area contributed by atoms with Gasteiger partial charge in [0.2, 0.25) is 0 Å². The minimum Gasteiger partial charge on any atom is -0.434 e. The van der Waals surface area contributed by atoms with E-state index >= 15 is 0 Å². The van der Waals surface area contributed by atoms with Gasteiger partial charge in [0.15, 0.2) is 6.10 Å². The van der Waals surface area contributed by atoms with Crippen molar-refractivity contribution in [3.8, 4) is 0 Å². The average molecular weight is 348 g/mol. The molecule has 0 radical (unpaired) electrons. The molecule has 132 valence electrons. The molecule has 1 fully saturated rings. The van der Waals surface area contributed by atoms with Gasteiger partial charge < -0.3 is 21.1 Å². The topological polar surface area (TPSA) is 119 Å². The van der Waals surface area contributed by atoms with Crippen LogP contribution in [0.25, 0.3) is 5.57 Å². The summed E-state index contributed by atoms with van der Waals surface area (Å²) in [5.41, 5.74) is 11.8. The van der Waals surface area contributed by atoms with Crippen LogP contribution in [0.2, 0.25) is 0 Å². The highest BCUT2D eigenvalue weighted by Gasteiger charge is 2.36. The molecule has 1 saturated heterocycles. The van der Waals surface area contributed by atoms with E-state index in [0.717, 1.165) is 10.5 Å². The van der Waals surface area contributed by atoms with Gasteiger partial charge in [-0.05, 0) is 30.2 Å². The summed E-state index contributed by atoms with van der Waals surface area (Å²) in [6.07, 6.45) is 0.440. The summed E-state index contributed by atoms with van der Waals surface area (Å²) in [6.45, 7) is 0.689. The van der Waals surface area contributed by atoms with E-state index in [-0.39, 0.29) is 12.2 Å². The third-order valence-electron chi connectivity index (χ3n) is 4.26. The fraction of sp³-hybridized carbons (Fsp3) is 0.312. The molecule has 4 N–H and O–H groups in total. The van der Waals surface area contributed by atoms with Crippen LogP contribution in [0.1, 0.15) is 12.0 Å². The number of nitrogens with zero attached hydrogens (tertiary/aromatic N) is 2. The SMILES string of the molecule is NC(=O)[C@H]1CN(c2ccc(C3=CCN(C(N)=O)CC3)c(F)c2)C(=O)O1. The Labute approximate surface area is 142 Å². The second-order valence-corrected chi connectivity index (χ2v) is 5.81. The van der Waals surface area contributed by atoms with E-state index < -0.39 is 30.0 Å². The highest BCUT2D eigenvalue weighted by Crippen LogP contribution is 2.29. The van der Waals surface area contributed by atoms with Gasteiger partial charge in [-0.1, -0.05) is 6.08 Å². The lowest BCUT2D eigenvalue weighted by atomic mass is 9.98. The Morgan fingerprint density at radius 2 is 2.04 bits per heavy atom. The summed E-state index contributed by atoms with van der Waals surface area (Å²) in [4.78, 5) is 36.7. The molecule has 0 aromatic heterocycles. The first kappa shape index (κ1) is 16.7. The third kappa shape index (κ3) is 3.25. The highest BCUT2D eigenvalue weighted by molar-refractivity contribution is 5.95. The zero-order valence-electron chi connectivity index (χ0n) is 13.3. The molecule has 9 heteroatoms. The normalized spacial score (nSPS) is 20.3. The monoisotopic (exact) mass is 348 g/mol. The molecule has 0 aliphatic carbocycles. The van der Waals surface area contributed by atoms with E-state index in [0.29, 0.717) is 25.1 Å². The number of anilines is 1. The van der Waals surface area contributed by atoms with Crippen molar-refractivity contribution in [2.24, 2.45) is 11.5 Å². The number of primary amides is 2. The minimum atomic E-state index is -1.05. The largest absolute Gasteiger partial charge is 0.434 e. The lowest BCUT2D eigenvalue weighted by Gasteiger charge is -2.25. The molecule has 0 bridgehead atoms. The molecule has 1 aromatic carbocycles. The molecule has 2 heterocycles. The molecule has 2 aliphatic rings. The second kappa shape index (κ2) is 6.42. The second-order valence-electron chi connectivity index (χ2n) is 5.81. The number of carbonyl (C=O) groups excluding carboxylic acids is 3. The molecule has 1 atom stereocenters. The number of carbonyl (C=O) groups is 3. The number of ether oxygens (including phenoxy) is 1. The summed E-state index contributed by atoms with van der Waals surface area (Å²) in [5, 5.41) is 0. The standard InChI is InChI=1S/C16H17FN4O4/c17-12-7-10(21-8-13(14(18)22)25-16(21)24)1-2-11(12)9-3-5-20(6-4-9)15(19)23/h1-3,7,13H,4-6,8H2,(H2,18,22)(H2,19,23)/t13-/m1/s1. The van der Waals surface area contributed by atoms with Gasteiger partial charge >= 0.3 is 12.1 Å². The number of nitrogens with two attached hydrogens (primary N) is 2. The molecule has 2 aliphatic heterocycles. The van der Waals surface area contributed by atoms with Crippen molar-refractivity contribution in [2.45, 2.75) is 12.5 Å². The Bertz CT molecular complexity index is 779. The molecule has 0 unspecified atom stereocenters. The van der Waals surface area contributed by atoms with E-state index in [2.05, 4.69) is 0 Å². The van der Waals surface area contributed by atoms with Crippen LogP contribution in [0, 0.1) is 5.82 Å². The molecule has 4 amide bonds. The first-order valence-corrected chi connectivity index (χ1v) is 7.67. The van der Waals surface area contributed by atoms with E-state index in [1.54, 1.807) is 18.2 Å². The van der Waals surface area contributed by atoms with Crippen molar-refractivity contribution in [3.05, 3.63) is 35.7 Å². The van der Waals surface area contributed by atoms with Crippen molar-refractivity contribution in [1.29, 1.82) is 0 Å². The van der Waals surface area contributed by atoms with E-state index in [1.807, 2.05) is 0 Å². The summed E-state index contributed by atoms with van der Waals surface area (Å²) in [5.74, 6) is -1.26. The van der Waals surface area contributed by atoms with Crippen molar-refractivity contribution < 1.29 is 23.5 Å². The molecule has 3 rings (SSSR count). The van der Waals surface area contributed by atoms with Crippen LogP contribution >= 0.6 is 0 Å². The van der Waals surface area contributed by atoms with Crippen LogP contribution in [-0.4, -0.2) is 48.7 Å². The number of urea groups is 1. The smallest absolute Gasteiger partial charge is 0.415 e. The predicted molar refractivity (Wildman–Crippen MR) is 87.0 cm³/mol. The van der Waals surface area contributed by atoms with Crippen molar-refractivity contribution >= 4 is 29.3 Å². The number of amides is 4. The Kier molecular flexibility index (Phi) is 4.30. The van der Waals surface area contributed by atoms with Gasteiger partial charge in [0, 0.05) is 18.7 Å². The molecule has 0 spiro atoms. The average Bonchev–Trinajstić information content (AvgIpc) is 2.97. The van der Waals surface area contributed by atoms with Crippen LogP contribution in [0.15, 0.2) is 24.3 Å². The van der Waals surface area contributed by atoms with Gasteiger partial charge in [-0.25, -0.2) is 14.0 Å². The molecule has 8 nitrogen and oxygen atoms in total. The zero-order valence-corrected chi connectivity index (χ0v) is 13.3. The van der Waals surface area contributed by atoms with Crippen molar-refractivity contribution in [1.82, 2.24) is 4.90 Å². The van der Waals surface area contributed by atoms with Crippen LogP contribution in [0.4, 0.5) is 19.7 Å². The summed E-state index contributed by atoms with van der Waals surface area (Å²) < 4.78 is 19.3. The van der Waals surface area contributed by atoms with Crippen LogP contribution < -0.4 is 16.4 Å². The van der Waals surface area contributed by atoms with Gasteiger partial charge in [0.1, 0.15) is 5.82 Å². The van der Waals surface area contributed by atoms with Gasteiger partial charge in [-0.3, -0.25) is 9.69 Å². The maximum absolute atomic E-state index is 14.5. The number of hydrogen-bond acceptors (Lipinski definition) is 4. The Morgan fingerprint density at radius 1 is 1.28 bits per heavy atom. The number of benzene rings is 1. The van der Waals surface area contributed by atoms with Crippen LogP contribution in [0.5, 0.6) is 0 Å². The van der Waals surface area contributed by atoms with Crippen molar-refractivity contribution in [3.63, 3.8) is 0 Å². The first-order chi connectivity index (χ1) is 11.9. The molecule has 25 heavy (non-hydrogen) atoms. The maximum atomic E-state index is 14.5. The van der Waals surface area contributed by atoms with Crippen molar-refractivity contribution in [2.75, 3.05) is 24.5 Å². The van der Waals surface area contributed by atoms with E-state index in [1.165, 1.54) is 11.0 Å². The summed E-state index contributed by atoms with van der Waals surface area (Å²) >= 11 is 0. The van der Waals surface area contributed by atoms with Gasteiger partial charge in [-0.15, -0.1) is 0 Å². The molecule has 0 saturated carbocycles. The summed E-state index contributed by atoms with van der Waals surface area (Å²) in [6, 6.07) is 3.83. The molecular weight excluding hydrogens is 331 g/mol. The lowest BCUT2D eigenvalue weighted by Crippen LogP contribution is -2.38. The third-order valence-corrected chi connectivity index (χ3v) is 4.26. The van der Waals surface area contributed by atoms with Gasteiger partial charge in [0.05, 0.1) is 12.2 Å². The van der Waals surface area contributed by atoms with Crippen LogP contribution in [0.3, 0.4) is 0 Å². The van der Waals surface area contributed by atoms with E-state index in [4.69, 9.17) is 16.2 Å². The quantitative estimate of drug-likeness (QED) is 0.840. The Balaban J connectivity index is 1.79. The van der Waals surface area contributed by atoms with Gasteiger partial charge in [-0.2, -0.15) is 0 Å². The Morgan fingerprint density at radius 3 is 2.56 bits per heavy atom.